The van der Waals surface area contributed by atoms with E-state index in [1.54, 1.807) is 13.2 Å². The average Bonchev–Trinajstić information content (AvgIpc) is 2.99. The highest BCUT2D eigenvalue weighted by atomic mass is 35.5. The molecule has 158 valence electrons. The van der Waals surface area contributed by atoms with Crippen molar-refractivity contribution in [2.45, 2.75) is 80.4 Å². The Hall–Kier alpha value is -0.0900. The van der Waals surface area contributed by atoms with E-state index >= 15 is 0 Å². The summed E-state index contributed by atoms with van der Waals surface area (Å²) in [4.78, 5) is 14.9. The lowest BCUT2D eigenvalue weighted by Crippen LogP contribution is -2.65. The molecular formula is C18H33ClN2O5S. The van der Waals surface area contributed by atoms with Crippen LogP contribution in [0.2, 0.25) is 0 Å². The van der Waals surface area contributed by atoms with Crippen molar-refractivity contribution in [3.05, 3.63) is 0 Å². The molecule has 2 heterocycles. The Morgan fingerprint density at radius 2 is 2.00 bits per heavy atom. The van der Waals surface area contributed by atoms with E-state index in [2.05, 4.69) is 12.2 Å². The monoisotopic (exact) mass is 424 g/mol. The molecule has 2 saturated heterocycles. The minimum Gasteiger partial charge on any atom is -0.388 e. The molecule has 1 amide bonds. The molecular weight excluding hydrogens is 392 g/mol. The van der Waals surface area contributed by atoms with Gasteiger partial charge >= 0.3 is 0 Å². The summed E-state index contributed by atoms with van der Waals surface area (Å²) in [5.74, 6) is 0.350. The van der Waals surface area contributed by atoms with Gasteiger partial charge in [-0.25, -0.2) is 0 Å². The zero-order chi connectivity index (χ0) is 20.3. The predicted octanol–water partition coefficient (Wildman–Crippen LogP) is 0.390. The lowest BCUT2D eigenvalue weighted by molar-refractivity contribution is -0.205. The number of nitrogens with zero attached hydrogens (tertiary/aromatic N) is 1. The number of thioether (sulfide) groups is 1. The topological polar surface area (TPSA) is 102 Å². The van der Waals surface area contributed by atoms with Crippen LogP contribution in [0.4, 0.5) is 0 Å². The number of likely N-dealkylation sites (tertiary alicyclic amines) is 1. The van der Waals surface area contributed by atoms with Gasteiger partial charge in [0, 0.05) is 6.54 Å². The number of likely N-dealkylation sites (N-methyl/N-ethyl adjacent to an activating group) is 1. The van der Waals surface area contributed by atoms with Gasteiger partial charge in [-0.3, -0.25) is 9.69 Å². The van der Waals surface area contributed by atoms with Crippen molar-refractivity contribution in [2.75, 3.05) is 19.8 Å². The van der Waals surface area contributed by atoms with E-state index in [0.29, 0.717) is 5.92 Å². The van der Waals surface area contributed by atoms with E-state index in [9.17, 15) is 20.1 Å². The highest BCUT2D eigenvalue weighted by molar-refractivity contribution is 7.99. The summed E-state index contributed by atoms with van der Waals surface area (Å²) in [7, 11) is 1.94. The molecule has 0 aliphatic carbocycles. The number of amides is 1. The number of hydrogen-bond acceptors (Lipinski definition) is 7. The molecule has 0 spiro atoms. The summed E-state index contributed by atoms with van der Waals surface area (Å²) in [6, 6.07) is -0.934. The maximum Gasteiger partial charge on any atom is 0.237 e. The Morgan fingerprint density at radius 1 is 1.33 bits per heavy atom. The number of nitrogens with one attached hydrogen (secondary N) is 1. The number of alkyl halides is 1. The Bertz CT molecular complexity index is 498. The van der Waals surface area contributed by atoms with Crippen molar-refractivity contribution in [3.8, 4) is 0 Å². The van der Waals surface area contributed by atoms with Gasteiger partial charge in [-0.05, 0) is 39.0 Å². The third-order valence-electron chi connectivity index (χ3n) is 5.63. The van der Waals surface area contributed by atoms with Gasteiger partial charge in [-0.2, -0.15) is 0 Å². The van der Waals surface area contributed by atoms with Crippen molar-refractivity contribution < 1.29 is 24.9 Å². The Labute approximate surface area is 170 Å². The van der Waals surface area contributed by atoms with E-state index in [1.165, 1.54) is 11.8 Å². The minimum absolute atomic E-state index is 0.147. The maximum atomic E-state index is 12.9. The second-order valence-corrected chi connectivity index (χ2v) is 9.36. The zero-order valence-electron chi connectivity index (χ0n) is 16.4. The molecule has 2 aliphatic rings. The van der Waals surface area contributed by atoms with Crippen LogP contribution in [0.5, 0.6) is 0 Å². The summed E-state index contributed by atoms with van der Waals surface area (Å²) in [6.45, 7) is 4.74. The molecule has 2 fully saturated rings. The van der Waals surface area contributed by atoms with E-state index in [4.69, 9.17) is 16.3 Å². The normalized spacial score (nSPS) is 39.9. The molecule has 0 radical (unpaired) electrons. The molecule has 0 saturated carbocycles. The molecule has 0 aromatic rings. The van der Waals surface area contributed by atoms with Crippen LogP contribution in [-0.2, 0) is 9.53 Å². The SMILES string of the molecule is CCC[C@@H]1C[C@@H](C(=O)N[C@H]([C@H]2O[C@H](SC)[C@H](O)[C@@H](O)[C@H]2O)[C@@H](C)Cl)N(C)C1. The summed E-state index contributed by atoms with van der Waals surface area (Å²) >= 11 is 7.55. The van der Waals surface area contributed by atoms with Crippen LogP contribution in [0.1, 0.15) is 33.1 Å². The van der Waals surface area contributed by atoms with Crippen LogP contribution in [0.25, 0.3) is 0 Å². The molecule has 0 unspecified atom stereocenters. The zero-order valence-corrected chi connectivity index (χ0v) is 18.0. The van der Waals surface area contributed by atoms with Crippen LogP contribution >= 0.6 is 23.4 Å². The first-order valence-electron chi connectivity index (χ1n) is 9.58. The van der Waals surface area contributed by atoms with Crippen LogP contribution in [0, 0.1) is 5.92 Å². The first-order chi connectivity index (χ1) is 12.7. The molecule has 0 aromatic carbocycles. The molecule has 4 N–H and O–H groups in total. The molecule has 9 heteroatoms. The van der Waals surface area contributed by atoms with Gasteiger partial charge in [0.15, 0.2) is 0 Å². The third kappa shape index (κ3) is 5.29. The summed E-state index contributed by atoms with van der Waals surface area (Å²) < 4.78 is 5.79. The van der Waals surface area contributed by atoms with Gasteiger partial charge in [0.2, 0.25) is 5.91 Å². The van der Waals surface area contributed by atoms with E-state index < -0.39 is 41.3 Å². The summed E-state index contributed by atoms with van der Waals surface area (Å²) in [5.41, 5.74) is -0.702. The minimum atomic E-state index is -1.36. The number of ether oxygens (including phenoxy) is 1. The number of aliphatic hydroxyl groups is 3. The van der Waals surface area contributed by atoms with E-state index in [0.717, 1.165) is 25.8 Å². The molecule has 0 bridgehead atoms. The number of hydrogen-bond donors (Lipinski definition) is 4. The van der Waals surface area contributed by atoms with Crippen LogP contribution < -0.4 is 5.32 Å². The average molecular weight is 425 g/mol. The Kier molecular flexibility index (Phi) is 8.67. The molecule has 27 heavy (non-hydrogen) atoms. The van der Waals surface area contributed by atoms with Crippen LogP contribution in [0.3, 0.4) is 0 Å². The van der Waals surface area contributed by atoms with Gasteiger partial charge < -0.3 is 25.4 Å². The van der Waals surface area contributed by atoms with Crippen LogP contribution in [-0.4, -0.2) is 93.3 Å². The number of carbonyl (C=O) groups excluding carboxylic acids is 1. The molecule has 2 aliphatic heterocycles. The fraction of sp³-hybridized carbons (Fsp3) is 0.944. The molecule has 9 atom stereocenters. The summed E-state index contributed by atoms with van der Waals surface area (Å²) in [5, 5.41) is 33.0. The van der Waals surface area contributed by atoms with Crippen molar-refractivity contribution in [2.24, 2.45) is 5.92 Å². The lowest BCUT2D eigenvalue weighted by Gasteiger charge is -2.44. The number of halogens is 1. The van der Waals surface area contributed by atoms with Crippen molar-refractivity contribution >= 4 is 29.3 Å². The van der Waals surface area contributed by atoms with Gasteiger partial charge in [-0.15, -0.1) is 23.4 Å². The van der Waals surface area contributed by atoms with Crippen molar-refractivity contribution in [1.29, 1.82) is 0 Å². The molecule has 0 aromatic heterocycles. The maximum absolute atomic E-state index is 12.9. The fourth-order valence-corrected chi connectivity index (χ4v) is 5.00. The second-order valence-electron chi connectivity index (χ2n) is 7.73. The van der Waals surface area contributed by atoms with Crippen molar-refractivity contribution in [1.82, 2.24) is 10.2 Å². The number of carbonyl (C=O) groups is 1. The lowest BCUT2D eigenvalue weighted by atomic mass is 9.92. The predicted molar refractivity (Wildman–Crippen MR) is 107 cm³/mol. The number of aliphatic hydroxyl groups excluding tert-OH is 3. The van der Waals surface area contributed by atoms with Gasteiger partial charge in [0.25, 0.3) is 0 Å². The standard InChI is InChI=1S/C18H33ClN2O5S/c1-5-6-10-7-11(21(3)8-10)17(25)20-12(9(2)19)16-14(23)13(22)15(24)18(26-16)27-4/h9-16,18,22-24H,5-8H2,1-4H3,(H,20,25)/t9-,10-,11+,12+,13+,14-,15-,16-,18-/m1/s1. The molecule has 2 rings (SSSR count). The first kappa shape index (κ1) is 23.2. The quantitative estimate of drug-likeness (QED) is 0.438. The van der Waals surface area contributed by atoms with Gasteiger partial charge in [0.05, 0.1) is 17.5 Å². The smallest absolute Gasteiger partial charge is 0.237 e. The van der Waals surface area contributed by atoms with Gasteiger partial charge in [-0.1, -0.05) is 13.3 Å². The van der Waals surface area contributed by atoms with E-state index in [1.807, 2.05) is 11.9 Å². The number of rotatable bonds is 7. The largest absolute Gasteiger partial charge is 0.388 e. The first-order valence-corrected chi connectivity index (χ1v) is 11.3. The highest BCUT2D eigenvalue weighted by Crippen LogP contribution is 2.31. The van der Waals surface area contributed by atoms with E-state index in [-0.39, 0.29) is 11.9 Å². The third-order valence-corrected chi connectivity index (χ3v) is 6.76. The second kappa shape index (κ2) is 10.1. The van der Waals surface area contributed by atoms with Crippen LogP contribution in [0.15, 0.2) is 0 Å². The Morgan fingerprint density at radius 3 is 2.56 bits per heavy atom. The van der Waals surface area contributed by atoms with Gasteiger partial charge in [0.1, 0.15) is 29.9 Å². The molecule has 7 nitrogen and oxygen atoms in total. The van der Waals surface area contributed by atoms with Crippen molar-refractivity contribution in [3.63, 3.8) is 0 Å². The summed E-state index contributed by atoms with van der Waals surface area (Å²) in [6.07, 6.45) is -0.0980. The highest BCUT2D eigenvalue weighted by Gasteiger charge is 2.48. The fourth-order valence-electron chi connectivity index (χ4n) is 4.11. The Balaban J connectivity index is 2.09.